The molecule has 1 amide bonds. The van der Waals surface area contributed by atoms with Crippen molar-refractivity contribution in [3.05, 3.63) is 64.5 Å². The number of aryl methyl sites for hydroxylation is 1. The van der Waals surface area contributed by atoms with Crippen molar-refractivity contribution in [3.63, 3.8) is 0 Å². The minimum absolute atomic E-state index is 0.185. The van der Waals surface area contributed by atoms with Gasteiger partial charge in [-0.05, 0) is 82.1 Å². The Labute approximate surface area is 213 Å². The summed E-state index contributed by atoms with van der Waals surface area (Å²) in [6, 6.07) is 13.3. The van der Waals surface area contributed by atoms with E-state index in [1.54, 1.807) is 11.8 Å². The van der Waals surface area contributed by atoms with Gasteiger partial charge in [-0.2, -0.15) is 0 Å². The van der Waals surface area contributed by atoms with E-state index in [2.05, 4.69) is 54.8 Å². The molecule has 2 heterocycles. The van der Waals surface area contributed by atoms with Gasteiger partial charge in [-0.15, -0.1) is 0 Å². The molecule has 1 aliphatic heterocycles. The molecule has 190 valence electrons. The van der Waals surface area contributed by atoms with E-state index in [1.165, 1.54) is 23.8 Å². The molecule has 5 rings (SSSR count). The van der Waals surface area contributed by atoms with Gasteiger partial charge in [0, 0.05) is 30.0 Å². The molecule has 1 aliphatic carbocycles. The molecule has 2 aliphatic rings. The molecule has 6 heteroatoms. The fourth-order valence-electron chi connectivity index (χ4n) is 6.26. The van der Waals surface area contributed by atoms with Gasteiger partial charge in [-0.3, -0.25) is 4.79 Å². The second-order valence-electron chi connectivity index (χ2n) is 10.7. The third-order valence-electron chi connectivity index (χ3n) is 8.41. The van der Waals surface area contributed by atoms with Gasteiger partial charge in [0.1, 0.15) is 11.6 Å². The monoisotopic (exact) mass is 487 g/mol. The highest BCUT2D eigenvalue weighted by Gasteiger charge is 2.32. The van der Waals surface area contributed by atoms with Crippen LogP contribution in [0.2, 0.25) is 0 Å². The van der Waals surface area contributed by atoms with Crippen LogP contribution in [0, 0.1) is 12.8 Å². The van der Waals surface area contributed by atoms with E-state index in [1.807, 2.05) is 0 Å². The molecule has 0 spiro atoms. The largest absolute Gasteiger partial charge is 0.453 e. The lowest BCUT2D eigenvalue weighted by Crippen LogP contribution is -2.35. The molecule has 6 nitrogen and oxygen atoms in total. The second kappa shape index (κ2) is 10.1. The van der Waals surface area contributed by atoms with Gasteiger partial charge in [-0.1, -0.05) is 30.3 Å². The molecule has 2 aromatic carbocycles. The molecular formula is C30H37N3O3. The highest BCUT2D eigenvalue weighted by molar-refractivity contribution is 5.83. The third kappa shape index (κ3) is 4.54. The number of fused-ring (bicyclic) bond motifs is 3. The van der Waals surface area contributed by atoms with Crippen LogP contribution in [0.4, 0.5) is 4.79 Å². The number of Topliss-reactive ketones (excluding diaryl/α,β-unsaturated/α-hetero) is 1. The van der Waals surface area contributed by atoms with Crippen LogP contribution in [0.5, 0.6) is 0 Å². The smallest absolute Gasteiger partial charge is 0.409 e. The summed E-state index contributed by atoms with van der Waals surface area (Å²) in [4.78, 5) is 31.4. The van der Waals surface area contributed by atoms with Gasteiger partial charge in [-0.25, -0.2) is 9.78 Å². The van der Waals surface area contributed by atoms with Crippen molar-refractivity contribution in [2.75, 3.05) is 13.7 Å². The number of hydrogen-bond donors (Lipinski definition) is 0. The molecule has 0 unspecified atom stereocenters. The van der Waals surface area contributed by atoms with Gasteiger partial charge < -0.3 is 14.2 Å². The number of amides is 1. The zero-order valence-corrected chi connectivity index (χ0v) is 21.9. The van der Waals surface area contributed by atoms with Gasteiger partial charge in [0.25, 0.3) is 0 Å². The Bertz CT molecular complexity index is 1290. The lowest BCUT2D eigenvalue weighted by molar-refractivity contribution is -0.121. The molecule has 1 atom stereocenters. The summed E-state index contributed by atoms with van der Waals surface area (Å²) in [6.07, 6.45) is 5.30. The first kappa shape index (κ1) is 24.5. The average Bonchev–Trinajstić information content (AvgIpc) is 3.29. The number of nitrogens with zero attached hydrogens (tertiary/aromatic N) is 3. The van der Waals surface area contributed by atoms with E-state index >= 15 is 0 Å². The maximum atomic E-state index is 12.3. The Morgan fingerprint density at radius 1 is 1.11 bits per heavy atom. The predicted octanol–water partition coefficient (Wildman–Crippen LogP) is 6.14. The number of ketones is 1. The van der Waals surface area contributed by atoms with Crippen molar-refractivity contribution in [1.82, 2.24) is 14.5 Å². The van der Waals surface area contributed by atoms with Gasteiger partial charge in [0.15, 0.2) is 0 Å². The van der Waals surface area contributed by atoms with Crippen molar-refractivity contribution in [3.8, 4) is 0 Å². The van der Waals surface area contributed by atoms with E-state index in [0.717, 1.165) is 60.9 Å². The maximum Gasteiger partial charge on any atom is 0.409 e. The molecule has 36 heavy (non-hydrogen) atoms. The molecule has 3 aromatic rings. The molecule has 1 saturated carbocycles. The Morgan fingerprint density at radius 2 is 1.86 bits per heavy atom. The van der Waals surface area contributed by atoms with Crippen LogP contribution in [-0.2, 0) is 28.9 Å². The van der Waals surface area contributed by atoms with Crippen molar-refractivity contribution < 1.29 is 14.3 Å². The lowest BCUT2D eigenvalue weighted by Gasteiger charge is -2.29. The Hall–Kier alpha value is -3.15. The van der Waals surface area contributed by atoms with Gasteiger partial charge in [0.2, 0.25) is 0 Å². The summed E-state index contributed by atoms with van der Waals surface area (Å²) in [5, 5.41) is 0. The molecule has 1 fully saturated rings. The van der Waals surface area contributed by atoms with E-state index in [-0.39, 0.29) is 18.1 Å². The molecule has 0 saturated heterocycles. The highest BCUT2D eigenvalue weighted by atomic mass is 16.5. The third-order valence-corrected chi connectivity index (χ3v) is 8.41. The van der Waals surface area contributed by atoms with Crippen LogP contribution >= 0.6 is 0 Å². The predicted molar refractivity (Wildman–Crippen MR) is 141 cm³/mol. The summed E-state index contributed by atoms with van der Waals surface area (Å²) in [7, 11) is 1.44. The number of ether oxygens (including phenoxy) is 1. The van der Waals surface area contributed by atoms with E-state index < -0.39 is 0 Å². The van der Waals surface area contributed by atoms with Crippen LogP contribution in [0.3, 0.4) is 0 Å². The minimum atomic E-state index is -0.284. The van der Waals surface area contributed by atoms with Crippen LogP contribution in [0.1, 0.15) is 79.6 Å². The van der Waals surface area contributed by atoms with Crippen molar-refractivity contribution in [2.45, 2.75) is 77.8 Å². The lowest BCUT2D eigenvalue weighted by atomic mass is 9.80. The van der Waals surface area contributed by atoms with E-state index in [0.29, 0.717) is 24.8 Å². The number of hydrogen-bond acceptors (Lipinski definition) is 4. The Balaban J connectivity index is 1.57. The summed E-state index contributed by atoms with van der Waals surface area (Å²) >= 11 is 0. The summed E-state index contributed by atoms with van der Waals surface area (Å²) in [6.45, 7) is 7.38. The fourth-order valence-corrected chi connectivity index (χ4v) is 6.26. The van der Waals surface area contributed by atoms with Gasteiger partial charge in [0.05, 0.1) is 24.7 Å². The number of carbonyl (C=O) groups is 2. The van der Waals surface area contributed by atoms with Crippen LogP contribution in [-0.4, -0.2) is 40.0 Å². The molecule has 0 bridgehead atoms. The second-order valence-corrected chi connectivity index (χ2v) is 10.7. The SMILES string of the molecule is COC(=O)N1CCc2ccc3c(nc(C4CCC(C(C)=O)CC4)n3[C@@H](C)Cc3ccccc3C)c2C1. The van der Waals surface area contributed by atoms with Crippen LogP contribution in [0.25, 0.3) is 11.0 Å². The number of benzene rings is 2. The first-order chi connectivity index (χ1) is 17.4. The maximum absolute atomic E-state index is 12.3. The zero-order valence-electron chi connectivity index (χ0n) is 21.9. The fraction of sp³-hybridized carbons (Fsp3) is 0.500. The van der Waals surface area contributed by atoms with Crippen molar-refractivity contribution >= 4 is 22.9 Å². The summed E-state index contributed by atoms with van der Waals surface area (Å²) < 4.78 is 7.48. The van der Waals surface area contributed by atoms with E-state index in [4.69, 9.17) is 9.72 Å². The van der Waals surface area contributed by atoms with Crippen LogP contribution in [0.15, 0.2) is 36.4 Å². The quantitative estimate of drug-likeness (QED) is 0.434. The topological polar surface area (TPSA) is 64.4 Å². The molecule has 0 radical (unpaired) electrons. The Morgan fingerprint density at radius 3 is 2.56 bits per heavy atom. The van der Waals surface area contributed by atoms with Gasteiger partial charge >= 0.3 is 6.09 Å². The number of methoxy groups -OCH3 is 1. The van der Waals surface area contributed by atoms with E-state index in [9.17, 15) is 9.59 Å². The number of carbonyl (C=O) groups excluding carboxylic acids is 2. The standard InChI is InChI=1S/C30H37N3O3/c1-19-7-5-6-8-25(19)17-20(2)33-27-14-13-23-15-16-32(30(35)36-4)18-26(23)28(27)31-29(33)24-11-9-22(10-12-24)21(3)34/h5-8,13-14,20,22,24H,9-12,15-18H2,1-4H3/t20-,22?,24?/m0/s1. The molecular weight excluding hydrogens is 450 g/mol. The summed E-state index contributed by atoms with van der Waals surface area (Å²) in [5.41, 5.74) is 7.23. The van der Waals surface area contributed by atoms with Crippen molar-refractivity contribution in [1.29, 1.82) is 0 Å². The first-order valence-corrected chi connectivity index (χ1v) is 13.3. The zero-order chi connectivity index (χ0) is 25.4. The number of imidazole rings is 1. The number of aromatic nitrogens is 2. The number of rotatable bonds is 5. The minimum Gasteiger partial charge on any atom is -0.453 e. The summed E-state index contributed by atoms with van der Waals surface area (Å²) in [5.74, 6) is 1.97. The highest BCUT2D eigenvalue weighted by Crippen LogP contribution is 2.40. The normalized spacial score (nSPS) is 20.7. The molecule has 1 aromatic heterocycles. The molecule has 0 N–H and O–H groups in total. The average molecular weight is 488 g/mol. The van der Waals surface area contributed by atoms with Crippen LogP contribution < -0.4 is 0 Å². The first-order valence-electron chi connectivity index (χ1n) is 13.3. The Kier molecular flexibility index (Phi) is 6.87. The van der Waals surface area contributed by atoms with Crippen molar-refractivity contribution in [2.24, 2.45) is 5.92 Å².